The van der Waals surface area contributed by atoms with Gasteiger partial charge in [-0.2, -0.15) is 0 Å². The lowest BCUT2D eigenvalue weighted by Gasteiger charge is -2.07. The second kappa shape index (κ2) is 5.15. The lowest BCUT2D eigenvalue weighted by Crippen LogP contribution is -1.83. The molecule has 0 saturated heterocycles. The van der Waals surface area contributed by atoms with Gasteiger partial charge in [0.2, 0.25) is 0 Å². The van der Waals surface area contributed by atoms with Gasteiger partial charge in [-0.05, 0) is 36.8 Å². The number of rotatable bonds is 3. The Bertz CT molecular complexity index is 523. The van der Waals surface area contributed by atoms with Crippen LogP contribution in [0, 0.1) is 6.92 Å². The fraction of sp³-hybridized carbons (Fsp3) is 0.143. The predicted octanol–water partition coefficient (Wildman–Crippen LogP) is 3.86. The number of hydrogen-bond donors (Lipinski definition) is 1. The number of methoxy groups -OCH3 is 1. The highest BCUT2D eigenvalue weighted by atomic mass is 32.2. The van der Waals surface area contributed by atoms with Gasteiger partial charge in [0.15, 0.2) is 0 Å². The molecule has 17 heavy (non-hydrogen) atoms. The maximum atomic E-state index is 9.93. The largest absolute Gasteiger partial charge is 0.506 e. The van der Waals surface area contributed by atoms with Gasteiger partial charge in [0.25, 0.3) is 0 Å². The van der Waals surface area contributed by atoms with Gasteiger partial charge in [-0.3, -0.25) is 0 Å². The molecule has 0 aliphatic rings. The third-order valence-corrected chi connectivity index (χ3v) is 3.51. The van der Waals surface area contributed by atoms with E-state index in [4.69, 9.17) is 4.74 Å². The molecule has 2 aromatic rings. The quantitative estimate of drug-likeness (QED) is 0.891. The molecule has 0 unspecified atom stereocenters. The van der Waals surface area contributed by atoms with Gasteiger partial charge in [-0.15, -0.1) is 0 Å². The fourth-order valence-electron chi connectivity index (χ4n) is 1.51. The van der Waals surface area contributed by atoms with Gasteiger partial charge in [0.1, 0.15) is 11.5 Å². The first kappa shape index (κ1) is 11.9. The van der Waals surface area contributed by atoms with E-state index in [1.807, 2.05) is 49.4 Å². The van der Waals surface area contributed by atoms with Crippen LogP contribution in [0.1, 0.15) is 5.56 Å². The highest BCUT2D eigenvalue weighted by Gasteiger charge is 2.06. The van der Waals surface area contributed by atoms with Crippen molar-refractivity contribution in [2.24, 2.45) is 0 Å². The monoisotopic (exact) mass is 246 g/mol. The number of phenols is 1. The summed E-state index contributed by atoms with van der Waals surface area (Å²) in [4.78, 5) is 1.91. The molecule has 0 radical (unpaired) electrons. The molecule has 0 fully saturated rings. The van der Waals surface area contributed by atoms with Crippen LogP contribution in [-0.2, 0) is 0 Å². The molecule has 2 nitrogen and oxygen atoms in total. The second-order valence-electron chi connectivity index (χ2n) is 3.70. The van der Waals surface area contributed by atoms with E-state index in [1.54, 1.807) is 7.11 Å². The molecule has 0 amide bonds. The van der Waals surface area contributed by atoms with Crippen molar-refractivity contribution in [3.8, 4) is 11.5 Å². The summed E-state index contributed by atoms with van der Waals surface area (Å²) >= 11 is 1.53. The van der Waals surface area contributed by atoms with Crippen LogP contribution in [0.5, 0.6) is 11.5 Å². The number of aryl methyl sites for hydroxylation is 1. The summed E-state index contributed by atoms with van der Waals surface area (Å²) in [5.74, 6) is 1.17. The topological polar surface area (TPSA) is 29.5 Å². The molecular weight excluding hydrogens is 232 g/mol. The minimum Gasteiger partial charge on any atom is -0.506 e. The number of aromatic hydroxyl groups is 1. The van der Waals surface area contributed by atoms with Crippen molar-refractivity contribution in [2.75, 3.05) is 7.11 Å². The Hall–Kier alpha value is -1.61. The molecule has 0 saturated carbocycles. The lowest BCUT2D eigenvalue weighted by atomic mass is 10.2. The first-order chi connectivity index (χ1) is 8.20. The summed E-state index contributed by atoms with van der Waals surface area (Å²) in [6.45, 7) is 1.89. The maximum absolute atomic E-state index is 9.93. The van der Waals surface area contributed by atoms with Crippen LogP contribution in [0.15, 0.2) is 52.3 Å². The van der Waals surface area contributed by atoms with Crippen molar-refractivity contribution in [1.29, 1.82) is 0 Å². The molecule has 0 aliphatic heterocycles. The van der Waals surface area contributed by atoms with Crippen molar-refractivity contribution in [1.82, 2.24) is 0 Å². The zero-order valence-corrected chi connectivity index (χ0v) is 10.6. The Kier molecular flexibility index (Phi) is 3.59. The maximum Gasteiger partial charge on any atom is 0.132 e. The SMILES string of the molecule is COc1cccc(Sc2cccc(C)c2O)c1. The normalized spacial score (nSPS) is 10.2. The summed E-state index contributed by atoms with van der Waals surface area (Å²) in [5.41, 5.74) is 0.887. The lowest BCUT2D eigenvalue weighted by molar-refractivity contribution is 0.413. The van der Waals surface area contributed by atoms with E-state index in [-0.39, 0.29) is 0 Å². The first-order valence-electron chi connectivity index (χ1n) is 5.31. The van der Waals surface area contributed by atoms with Crippen LogP contribution in [0.3, 0.4) is 0 Å². The van der Waals surface area contributed by atoms with Crippen molar-refractivity contribution in [3.05, 3.63) is 48.0 Å². The standard InChI is InChI=1S/C14H14O2S/c1-10-5-3-8-13(14(10)15)17-12-7-4-6-11(9-12)16-2/h3-9,15H,1-2H3. The molecule has 2 aromatic carbocycles. The van der Waals surface area contributed by atoms with Crippen molar-refractivity contribution >= 4 is 11.8 Å². The van der Waals surface area contributed by atoms with Crippen molar-refractivity contribution < 1.29 is 9.84 Å². The smallest absolute Gasteiger partial charge is 0.132 e. The number of phenolic OH excluding ortho intramolecular Hbond substituents is 1. The van der Waals surface area contributed by atoms with Crippen LogP contribution < -0.4 is 4.74 Å². The minimum absolute atomic E-state index is 0.348. The summed E-state index contributed by atoms with van der Waals surface area (Å²) in [5, 5.41) is 9.93. The van der Waals surface area contributed by atoms with Crippen LogP contribution in [-0.4, -0.2) is 12.2 Å². The Morgan fingerprint density at radius 2 is 1.88 bits per heavy atom. The Labute approximate surface area is 105 Å². The van der Waals surface area contributed by atoms with E-state index in [1.165, 1.54) is 11.8 Å². The zero-order chi connectivity index (χ0) is 12.3. The number of ether oxygens (including phenoxy) is 1. The Morgan fingerprint density at radius 1 is 1.12 bits per heavy atom. The average molecular weight is 246 g/mol. The molecule has 3 heteroatoms. The van der Waals surface area contributed by atoms with Gasteiger partial charge >= 0.3 is 0 Å². The molecule has 0 atom stereocenters. The molecule has 0 aliphatic carbocycles. The molecule has 0 spiro atoms. The fourth-order valence-corrected chi connectivity index (χ4v) is 2.49. The molecule has 2 rings (SSSR count). The third kappa shape index (κ3) is 2.74. The van der Waals surface area contributed by atoms with Gasteiger partial charge in [0.05, 0.1) is 12.0 Å². The van der Waals surface area contributed by atoms with Crippen LogP contribution in [0.2, 0.25) is 0 Å². The average Bonchev–Trinajstić information content (AvgIpc) is 2.35. The van der Waals surface area contributed by atoms with Gasteiger partial charge in [-0.1, -0.05) is 30.0 Å². The van der Waals surface area contributed by atoms with Gasteiger partial charge in [0, 0.05) is 4.90 Å². The van der Waals surface area contributed by atoms with E-state index in [0.29, 0.717) is 5.75 Å². The molecular formula is C14H14O2S. The van der Waals surface area contributed by atoms with E-state index >= 15 is 0 Å². The van der Waals surface area contributed by atoms with Crippen LogP contribution in [0.25, 0.3) is 0 Å². The first-order valence-corrected chi connectivity index (χ1v) is 6.13. The van der Waals surface area contributed by atoms with E-state index < -0.39 is 0 Å². The summed E-state index contributed by atoms with van der Waals surface area (Å²) in [6, 6.07) is 13.5. The number of hydrogen-bond acceptors (Lipinski definition) is 3. The summed E-state index contributed by atoms with van der Waals surface area (Å²) < 4.78 is 5.17. The van der Waals surface area contributed by atoms with E-state index in [9.17, 15) is 5.11 Å². The number of benzene rings is 2. The minimum atomic E-state index is 0.348. The molecule has 88 valence electrons. The van der Waals surface area contributed by atoms with Crippen molar-refractivity contribution in [3.63, 3.8) is 0 Å². The third-order valence-electron chi connectivity index (χ3n) is 2.47. The zero-order valence-electron chi connectivity index (χ0n) is 9.81. The van der Waals surface area contributed by atoms with Crippen molar-refractivity contribution in [2.45, 2.75) is 16.7 Å². The number of para-hydroxylation sites is 1. The molecule has 0 heterocycles. The van der Waals surface area contributed by atoms with Crippen LogP contribution in [0.4, 0.5) is 0 Å². The second-order valence-corrected chi connectivity index (χ2v) is 4.82. The molecule has 0 bridgehead atoms. The predicted molar refractivity (Wildman–Crippen MR) is 70.0 cm³/mol. The van der Waals surface area contributed by atoms with Gasteiger partial charge < -0.3 is 9.84 Å². The highest BCUT2D eigenvalue weighted by molar-refractivity contribution is 7.99. The van der Waals surface area contributed by atoms with E-state index in [2.05, 4.69) is 0 Å². The van der Waals surface area contributed by atoms with E-state index in [0.717, 1.165) is 21.1 Å². The highest BCUT2D eigenvalue weighted by Crippen LogP contribution is 2.36. The summed E-state index contributed by atoms with van der Waals surface area (Å²) in [7, 11) is 1.65. The Morgan fingerprint density at radius 3 is 2.65 bits per heavy atom. The molecule has 1 N–H and O–H groups in total. The van der Waals surface area contributed by atoms with Gasteiger partial charge in [-0.25, -0.2) is 0 Å². The Balaban J connectivity index is 2.28. The summed E-state index contributed by atoms with van der Waals surface area (Å²) in [6.07, 6.45) is 0. The van der Waals surface area contributed by atoms with Crippen LogP contribution >= 0.6 is 11.8 Å². The molecule has 0 aromatic heterocycles.